The molecule has 0 fully saturated rings. The molecule has 0 radical (unpaired) electrons. The van der Waals surface area contributed by atoms with Gasteiger partial charge >= 0.3 is 0 Å². The third kappa shape index (κ3) is 1.06. The molecule has 1 rings (SSSR count). The smallest absolute Gasteiger partial charge is 0.251 e. The maximum atomic E-state index is 11.1. The van der Waals surface area contributed by atoms with Crippen LogP contribution in [0.3, 0.4) is 0 Å². The molecular formula is C7H6N2O. The SMILES string of the molecule is [2H]C([2H])([2H])n1ccc(C#N)cc1=O. The van der Waals surface area contributed by atoms with Gasteiger partial charge in [-0.2, -0.15) is 5.26 Å². The Morgan fingerprint density at radius 3 is 3.20 bits per heavy atom. The Bertz CT molecular complexity index is 413. The standard InChI is InChI=1S/C7H6N2O/c1-9-3-2-6(5-8)4-7(9)10/h2-4H,1H3/i1D3. The van der Waals surface area contributed by atoms with E-state index in [1.54, 1.807) is 6.07 Å². The first-order valence-electron chi connectivity index (χ1n) is 4.08. The maximum Gasteiger partial charge on any atom is 0.251 e. The van der Waals surface area contributed by atoms with E-state index >= 15 is 0 Å². The molecule has 1 aromatic heterocycles. The van der Waals surface area contributed by atoms with Crippen LogP contribution in [0, 0.1) is 11.3 Å². The van der Waals surface area contributed by atoms with Crippen molar-refractivity contribution in [2.24, 2.45) is 6.98 Å². The van der Waals surface area contributed by atoms with Crippen molar-refractivity contribution < 1.29 is 4.11 Å². The molecule has 1 aromatic rings. The summed E-state index contributed by atoms with van der Waals surface area (Å²) in [5.41, 5.74) is -0.537. The second-order valence-corrected chi connectivity index (χ2v) is 1.74. The molecule has 0 aromatic carbocycles. The molecule has 0 atom stereocenters. The lowest BCUT2D eigenvalue weighted by Crippen LogP contribution is -2.14. The Morgan fingerprint density at radius 1 is 1.90 bits per heavy atom. The van der Waals surface area contributed by atoms with Crippen molar-refractivity contribution in [2.45, 2.75) is 0 Å². The van der Waals surface area contributed by atoms with Gasteiger partial charge in [-0.25, -0.2) is 0 Å². The first-order valence-corrected chi connectivity index (χ1v) is 2.58. The fourth-order valence-corrected chi connectivity index (χ4v) is 0.549. The molecule has 0 N–H and O–H groups in total. The average molecular weight is 137 g/mol. The summed E-state index contributed by atoms with van der Waals surface area (Å²) in [7, 11) is 0. The molecule has 0 aliphatic rings. The molecule has 0 aliphatic heterocycles. The molecule has 50 valence electrons. The predicted octanol–water partition coefficient (Wildman–Crippen LogP) is 0.257. The van der Waals surface area contributed by atoms with Gasteiger partial charge in [-0.05, 0) is 6.07 Å². The van der Waals surface area contributed by atoms with Crippen molar-refractivity contribution in [1.29, 1.82) is 5.26 Å². The van der Waals surface area contributed by atoms with E-state index in [2.05, 4.69) is 0 Å². The van der Waals surface area contributed by atoms with Crippen LogP contribution in [-0.4, -0.2) is 4.57 Å². The highest BCUT2D eigenvalue weighted by Crippen LogP contribution is 1.88. The molecule has 0 saturated heterocycles. The Hall–Kier alpha value is -1.56. The lowest BCUT2D eigenvalue weighted by molar-refractivity contribution is 0.858. The number of hydrogen-bond acceptors (Lipinski definition) is 2. The number of pyridine rings is 1. The van der Waals surface area contributed by atoms with Gasteiger partial charge < -0.3 is 4.57 Å². The zero-order valence-corrected chi connectivity index (χ0v) is 5.03. The number of aromatic nitrogens is 1. The van der Waals surface area contributed by atoms with E-state index in [1.807, 2.05) is 0 Å². The van der Waals surface area contributed by atoms with Crippen LogP contribution in [0.1, 0.15) is 9.68 Å². The Morgan fingerprint density at radius 2 is 2.70 bits per heavy atom. The third-order valence-electron chi connectivity index (χ3n) is 1.05. The van der Waals surface area contributed by atoms with Crippen LogP contribution >= 0.6 is 0 Å². The Labute approximate surface area is 62.4 Å². The number of rotatable bonds is 0. The zero-order valence-electron chi connectivity index (χ0n) is 8.03. The third-order valence-corrected chi connectivity index (χ3v) is 1.05. The number of nitrogens with zero attached hydrogens (tertiary/aromatic N) is 2. The summed E-state index contributed by atoms with van der Waals surface area (Å²) < 4.78 is 21.5. The summed E-state index contributed by atoms with van der Waals surface area (Å²) in [6.45, 7) is -2.48. The van der Waals surface area contributed by atoms with Crippen LogP contribution in [0.4, 0.5) is 0 Å². The van der Waals surface area contributed by atoms with Crippen molar-refractivity contribution in [3.8, 4) is 6.07 Å². The average Bonchev–Trinajstić information content (AvgIpc) is 2.01. The molecule has 0 amide bonds. The number of nitriles is 1. The lowest BCUT2D eigenvalue weighted by atomic mass is 10.3. The van der Waals surface area contributed by atoms with Gasteiger partial charge in [0.1, 0.15) is 0 Å². The van der Waals surface area contributed by atoms with E-state index in [0.717, 1.165) is 12.3 Å². The van der Waals surface area contributed by atoms with Crippen molar-refractivity contribution in [1.82, 2.24) is 4.57 Å². The zero-order chi connectivity index (χ0) is 10.1. The summed E-state index contributed by atoms with van der Waals surface area (Å²) in [4.78, 5) is 11.1. The van der Waals surface area contributed by atoms with Gasteiger partial charge in [0.15, 0.2) is 0 Å². The normalized spacial score (nSPS) is 14.5. The van der Waals surface area contributed by atoms with Gasteiger partial charge in [0, 0.05) is 23.4 Å². The molecule has 0 spiro atoms. The lowest BCUT2D eigenvalue weighted by Gasteiger charge is -1.92. The molecule has 3 nitrogen and oxygen atoms in total. The van der Waals surface area contributed by atoms with Gasteiger partial charge in [0.05, 0.1) is 11.6 Å². The van der Waals surface area contributed by atoms with Crippen molar-refractivity contribution in [3.63, 3.8) is 0 Å². The first-order chi connectivity index (χ1) is 5.95. The van der Waals surface area contributed by atoms with E-state index in [-0.39, 0.29) is 5.56 Å². The van der Waals surface area contributed by atoms with Crippen molar-refractivity contribution in [3.05, 3.63) is 34.2 Å². The van der Waals surface area contributed by atoms with Crippen molar-refractivity contribution >= 4 is 0 Å². The van der Waals surface area contributed by atoms with Gasteiger partial charge in [0.25, 0.3) is 5.56 Å². The minimum absolute atomic E-state index is 0.158. The van der Waals surface area contributed by atoms with Crippen molar-refractivity contribution in [2.75, 3.05) is 0 Å². The van der Waals surface area contributed by atoms with E-state index in [4.69, 9.17) is 9.37 Å². The summed E-state index contributed by atoms with van der Waals surface area (Å²) >= 11 is 0. The van der Waals surface area contributed by atoms with Crippen LogP contribution < -0.4 is 5.56 Å². The van der Waals surface area contributed by atoms with Gasteiger partial charge in [-0.15, -0.1) is 0 Å². The monoisotopic (exact) mass is 137 g/mol. The topological polar surface area (TPSA) is 45.8 Å². The van der Waals surface area contributed by atoms with Crippen LogP contribution in [-0.2, 0) is 6.98 Å². The molecule has 0 bridgehead atoms. The van der Waals surface area contributed by atoms with Gasteiger partial charge in [0.2, 0.25) is 0 Å². The molecule has 0 aliphatic carbocycles. The van der Waals surface area contributed by atoms with E-state index in [1.165, 1.54) is 6.07 Å². The molecular weight excluding hydrogens is 128 g/mol. The number of hydrogen-bond donors (Lipinski definition) is 0. The summed E-state index contributed by atoms with van der Waals surface area (Å²) in [6, 6.07) is 4.03. The van der Waals surface area contributed by atoms with E-state index < -0.39 is 12.5 Å². The highest BCUT2D eigenvalue weighted by Gasteiger charge is 1.90. The van der Waals surface area contributed by atoms with Crippen LogP contribution in [0.5, 0.6) is 0 Å². The summed E-state index contributed by atoms with van der Waals surface area (Å²) in [5.74, 6) is 0. The van der Waals surface area contributed by atoms with Crippen LogP contribution in [0.25, 0.3) is 0 Å². The fourth-order valence-electron chi connectivity index (χ4n) is 0.549. The molecule has 0 unspecified atom stereocenters. The minimum atomic E-state index is -2.48. The fraction of sp³-hybridized carbons (Fsp3) is 0.143. The first kappa shape index (κ1) is 3.57. The Balaban J connectivity index is 3.32. The largest absolute Gasteiger partial charge is 0.319 e. The Kier molecular flexibility index (Phi) is 0.842. The van der Waals surface area contributed by atoms with E-state index in [9.17, 15) is 4.79 Å². The summed E-state index contributed by atoms with van der Waals surface area (Å²) in [6.07, 6.45) is 1.09. The van der Waals surface area contributed by atoms with Crippen LogP contribution in [0.15, 0.2) is 23.1 Å². The highest BCUT2D eigenvalue weighted by atomic mass is 16.1. The highest BCUT2D eigenvalue weighted by molar-refractivity contribution is 5.25. The second kappa shape index (κ2) is 2.36. The summed E-state index contributed by atoms with van der Waals surface area (Å²) in [5, 5.41) is 8.42. The quantitative estimate of drug-likeness (QED) is 0.514. The number of aryl methyl sites for hydroxylation is 1. The van der Waals surface area contributed by atoms with Crippen LogP contribution in [0.2, 0.25) is 0 Å². The second-order valence-electron chi connectivity index (χ2n) is 1.74. The minimum Gasteiger partial charge on any atom is -0.319 e. The molecule has 10 heavy (non-hydrogen) atoms. The van der Waals surface area contributed by atoms with E-state index in [0.29, 0.717) is 4.57 Å². The van der Waals surface area contributed by atoms with Gasteiger partial charge in [-0.1, -0.05) is 0 Å². The molecule has 3 heteroatoms. The molecule has 0 saturated carbocycles. The molecule has 1 heterocycles. The predicted molar refractivity (Wildman–Crippen MR) is 36.4 cm³/mol. The van der Waals surface area contributed by atoms with Gasteiger partial charge in [-0.3, -0.25) is 4.79 Å². The maximum absolute atomic E-state index is 11.1.